The third-order valence-corrected chi connectivity index (χ3v) is 12.5. The summed E-state index contributed by atoms with van der Waals surface area (Å²) in [5, 5.41) is 5.49. The predicted molar refractivity (Wildman–Crippen MR) is 237 cm³/mol. The Morgan fingerprint density at radius 2 is 0.911 bits per heavy atom. The highest BCUT2D eigenvalue weighted by Gasteiger charge is 2.35. The van der Waals surface area contributed by atoms with Gasteiger partial charge in [-0.2, -0.15) is 0 Å². The maximum atomic E-state index is 2.42. The molecular weight excluding hydrogens is 675 g/mol. The van der Waals surface area contributed by atoms with E-state index in [1.54, 1.807) is 0 Å². The molecule has 11 rings (SSSR count). The zero-order chi connectivity index (χ0) is 37.4. The number of nitrogens with zero attached hydrogens (tertiary/aromatic N) is 1. The highest BCUT2D eigenvalue weighted by Crippen LogP contribution is 2.51. The number of rotatable bonds is 5. The predicted octanol–water partition coefficient (Wildman–Crippen LogP) is 14.6. The molecule has 0 aromatic heterocycles. The lowest BCUT2D eigenvalue weighted by atomic mass is 9.82. The zero-order valence-corrected chi connectivity index (χ0v) is 31.8. The molecule has 0 spiro atoms. The Balaban J connectivity index is 1.01. The Hall–Kier alpha value is -6.70. The summed E-state index contributed by atoms with van der Waals surface area (Å²) in [5.41, 5.74) is 19.4. The summed E-state index contributed by atoms with van der Waals surface area (Å²) in [5.74, 6) is 0. The molecule has 1 heteroatoms. The van der Waals surface area contributed by atoms with Crippen molar-refractivity contribution in [3.05, 3.63) is 221 Å². The summed E-state index contributed by atoms with van der Waals surface area (Å²) in [6.07, 6.45) is 1.86. The normalized spacial score (nSPS) is 13.5. The minimum absolute atomic E-state index is 0.0875. The van der Waals surface area contributed by atoms with Crippen molar-refractivity contribution < 1.29 is 0 Å². The fourth-order valence-corrected chi connectivity index (χ4v) is 9.82. The third kappa shape index (κ3) is 5.15. The molecule has 0 amide bonds. The van der Waals surface area contributed by atoms with E-state index >= 15 is 0 Å². The van der Waals surface area contributed by atoms with Crippen molar-refractivity contribution in [1.29, 1.82) is 0 Å². The van der Waals surface area contributed by atoms with Crippen molar-refractivity contribution >= 4 is 38.6 Å². The van der Waals surface area contributed by atoms with E-state index in [-0.39, 0.29) is 5.41 Å². The van der Waals surface area contributed by atoms with Gasteiger partial charge in [-0.1, -0.05) is 166 Å². The van der Waals surface area contributed by atoms with Gasteiger partial charge in [0, 0.05) is 22.5 Å². The molecule has 0 heterocycles. The van der Waals surface area contributed by atoms with Gasteiger partial charge in [0.25, 0.3) is 0 Å². The van der Waals surface area contributed by atoms with Crippen LogP contribution in [0.1, 0.15) is 47.2 Å². The van der Waals surface area contributed by atoms with E-state index in [0.29, 0.717) is 0 Å². The van der Waals surface area contributed by atoms with Crippen LogP contribution in [0.25, 0.3) is 54.9 Å². The smallest absolute Gasteiger partial charge is 0.0465 e. The Morgan fingerprint density at radius 3 is 1.62 bits per heavy atom. The minimum Gasteiger partial charge on any atom is -0.310 e. The molecule has 0 radical (unpaired) electrons. The number of hydrogen-bond acceptors (Lipinski definition) is 1. The Bertz CT molecular complexity index is 2920. The molecule has 9 aromatic carbocycles. The number of anilines is 3. The van der Waals surface area contributed by atoms with Gasteiger partial charge >= 0.3 is 0 Å². The van der Waals surface area contributed by atoms with Crippen molar-refractivity contribution in [3.8, 4) is 33.4 Å². The van der Waals surface area contributed by atoms with E-state index in [1.165, 1.54) is 88.3 Å². The van der Waals surface area contributed by atoms with Gasteiger partial charge in [-0.05, 0) is 138 Å². The van der Waals surface area contributed by atoms with Crippen LogP contribution in [0.3, 0.4) is 0 Å². The van der Waals surface area contributed by atoms with Crippen LogP contribution in [0.15, 0.2) is 188 Å². The summed E-state index contributed by atoms with van der Waals surface area (Å²) in [6, 6.07) is 70.1. The quantitative estimate of drug-likeness (QED) is 0.171. The van der Waals surface area contributed by atoms with Gasteiger partial charge in [-0.25, -0.2) is 0 Å². The summed E-state index contributed by atoms with van der Waals surface area (Å²) in [7, 11) is 0. The molecular formula is C55H41N. The van der Waals surface area contributed by atoms with Gasteiger partial charge in [-0.15, -0.1) is 0 Å². The highest BCUT2D eigenvalue weighted by molar-refractivity contribution is 6.02. The van der Waals surface area contributed by atoms with Crippen LogP contribution in [0.5, 0.6) is 0 Å². The first-order chi connectivity index (χ1) is 27.5. The first kappa shape index (κ1) is 32.7. The fraction of sp³-hybridized carbons (Fsp3) is 0.0909. The molecule has 0 N–H and O–H groups in total. The number of benzene rings is 9. The first-order valence-corrected chi connectivity index (χ1v) is 19.8. The van der Waals surface area contributed by atoms with Crippen LogP contribution in [-0.4, -0.2) is 0 Å². The van der Waals surface area contributed by atoms with Crippen LogP contribution in [0, 0.1) is 0 Å². The van der Waals surface area contributed by atoms with Crippen LogP contribution in [0.2, 0.25) is 0 Å². The van der Waals surface area contributed by atoms with Gasteiger partial charge < -0.3 is 4.90 Å². The van der Waals surface area contributed by atoms with Crippen LogP contribution >= 0.6 is 0 Å². The first-order valence-electron chi connectivity index (χ1n) is 19.8. The van der Waals surface area contributed by atoms with E-state index in [1.807, 2.05) is 0 Å². The van der Waals surface area contributed by atoms with E-state index < -0.39 is 0 Å². The van der Waals surface area contributed by atoms with Gasteiger partial charge in [-0.3, -0.25) is 0 Å². The van der Waals surface area contributed by atoms with Crippen LogP contribution in [0.4, 0.5) is 17.1 Å². The number of fused-ring (bicyclic) bond motifs is 3. The van der Waals surface area contributed by atoms with Crippen molar-refractivity contribution in [1.82, 2.24) is 0 Å². The molecule has 0 bridgehead atoms. The molecule has 0 atom stereocenters. The van der Waals surface area contributed by atoms with Crippen molar-refractivity contribution in [3.63, 3.8) is 0 Å². The molecule has 0 unspecified atom stereocenters. The average molecular weight is 716 g/mol. The van der Waals surface area contributed by atoms with Crippen molar-refractivity contribution in [2.45, 2.75) is 32.1 Å². The molecule has 2 aliphatic rings. The van der Waals surface area contributed by atoms with Gasteiger partial charge in [0.05, 0.1) is 0 Å². The van der Waals surface area contributed by atoms with Crippen molar-refractivity contribution in [2.75, 3.05) is 4.90 Å². The van der Waals surface area contributed by atoms with Gasteiger partial charge in [0.1, 0.15) is 0 Å². The number of hydrogen-bond donors (Lipinski definition) is 0. The summed E-state index contributed by atoms with van der Waals surface area (Å²) < 4.78 is 0. The third-order valence-electron chi connectivity index (χ3n) is 12.5. The van der Waals surface area contributed by atoms with E-state index in [9.17, 15) is 0 Å². The molecule has 0 aliphatic heterocycles. The lowest BCUT2D eigenvalue weighted by Gasteiger charge is -2.28. The minimum atomic E-state index is -0.0875. The molecule has 2 aliphatic carbocycles. The van der Waals surface area contributed by atoms with Crippen LogP contribution in [-0.2, 0) is 18.3 Å². The van der Waals surface area contributed by atoms with Crippen molar-refractivity contribution in [2.24, 2.45) is 0 Å². The maximum Gasteiger partial charge on any atom is 0.0465 e. The van der Waals surface area contributed by atoms with E-state index in [4.69, 9.17) is 0 Å². The Labute approximate surface area is 329 Å². The lowest BCUT2D eigenvalue weighted by molar-refractivity contribution is 0.660. The zero-order valence-electron chi connectivity index (χ0n) is 31.8. The molecule has 0 saturated carbocycles. The Kier molecular flexibility index (Phi) is 7.41. The second-order valence-electron chi connectivity index (χ2n) is 16.1. The largest absolute Gasteiger partial charge is 0.310 e. The topological polar surface area (TPSA) is 3.24 Å². The fourth-order valence-electron chi connectivity index (χ4n) is 9.82. The monoisotopic (exact) mass is 715 g/mol. The van der Waals surface area contributed by atoms with Gasteiger partial charge in [0.2, 0.25) is 0 Å². The second-order valence-corrected chi connectivity index (χ2v) is 16.1. The summed E-state index contributed by atoms with van der Waals surface area (Å²) in [4.78, 5) is 2.42. The molecule has 1 nitrogen and oxygen atoms in total. The van der Waals surface area contributed by atoms with E-state index in [2.05, 4.69) is 207 Å². The highest BCUT2D eigenvalue weighted by atomic mass is 15.1. The van der Waals surface area contributed by atoms with Gasteiger partial charge in [0.15, 0.2) is 0 Å². The average Bonchev–Trinajstić information content (AvgIpc) is 3.47. The summed E-state index contributed by atoms with van der Waals surface area (Å²) in [6.45, 7) is 4.72. The van der Waals surface area contributed by atoms with E-state index in [0.717, 1.165) is 29.9 Å². The maximum absolute atomic E-state index is 2.42. The molecule has 266 valence electrons. The Morgan fingerprint density at radius 1 is 0.375 bits per heavy atom. The molecule has 9 aromatic rings. The molecule has 0 saturated heterocycles. The lowest BCUT2D eigenvalue weighted by Crippen LogP contribution is -2.16. The molecule has 56 heavy (non-hydrogen) atoms. The van der Waals surface area contributed by atoms with Crippen LogP contribution < -0.4 is 4.90 Å². The summed E-state index contributed by atoms with van der Waals surface area (Å²) >= 11 is 0. The standard InChI is InChI=1S/C55H41N/c1-55(2)51-20-7-6-18-48(51)49-32-30-46(35-52(49)55)56(44-26-21-37(22-27-44)36-11-4-3-5-12-36)45-28-23-38(24-29-45)47-31-25-43-34-41-16-9-14-39-13-8-15-40(53(39)41)33-42-17-10-19-50(47)54(42)43/h3-32,35H,33-34H2,1-2H3. The second kappa shape index (κ2) is 12.7. The SMILES string of the molecule is CC1(C)c2ccccc2-c2ccc(N(c3ccc(-c4ccccc4)cc3)c3ccc(-c4ccc5c6c(cccc46)Cc4cccc6cccc(c46)C5)cc3)cc21. The molecule has 0 fully saturated rings.